The van der Waals surface area contributed by atoms with Crippen molar-refractivity contribution in [1.29, 1.82) is 0 Å². The third kappa shape index (κ3) is 3.95. The van der Waals surface area contributed by atoms with Crippen LogP contribution in [0.1, 0.15) is 32.1 Å². The lowest BCUT2D eigenvalue weighted by Crippen LogP contribution is -2.29. The third-order valence-electron chi connectivity index (χ3n) is 2.16. The Labute approximate surface area is 79.1 Å². The van der Waals surface area contributed by atoms with E-state index in [9.17, 15) is 4.79 Å². The molecule has 0 spiro atoms. The van der Waals surface area contributed by atoms with Crippen LogP contribution in [0.15, 0.2) is 0 Å². The van der Waals surface area contributed by atoms with Gasteiger partial charge in [-0.1, -0.05) is 0 Å². The summed E-state index contributed by atoms with van der Waals surface area (Å²) >= 11 is 0. The van der Waals surface area contributed by atoms with Gasteiger partial charge in [-0.15, -0.1) is 12.3 Å². The fourth-order valence-electron chi connectivity index (χ4n) is 1.17. The van der Waals surface area contributed by atoms with E-state index in [2.05, 4.69) is 11.2 Å². The summed E-state index contributed by atoms with van der Waals surface area (Å²) in [6, 6.07) is 0.426. The molecule has 1 rings (SSSR count). The highest BCUT2D eigenvalue weighted by Crippen LogP contribution is 2.17. The first-order valence-corrected chi connectivity index (χ1v) is 4.72. The lowest BCUT2D eigenvalue weighted by molar-refractivity contribution is -0.121. The van der Waals surface area contributed by atoms with Crippen LogP contribution in [0.25, 0.3) is 0 Å². The molecular formula is C10H16N2O. The predicted octanol–water partition coefficient (Wildman–Crippen LogP) is 0.396. The third-order valence-corrected chi connectivity index (χ3v) is 2.16. The van der Waals surface area contributed by atoms with E-state index in [1.165, 1.54) is 0 Å². The van der Waals surface area contributed by atoms with Crippen molar-refractivity contribution in [1.82, 2.24) is 5.32 Å². The molecule has 0 radical (unpaired) electrons. The summed E-state index contributed by atoms with van der Waals surface area (Å²) in [4.78, 5) is 11.2. The van der Waals surface area contributed by atoms with Crippen LogP contribution in [-0.2, 0) is 4.79 Å². The average molecular weight is 180 g/mol. The monoisotopic (exact) mass is 180 g/mol. The number of carbonyl (C=O) groups excluding carboxylic acids is 1. The first-order chi connectivity index (χ1) is 6.24. The first-order valence-electron chi connectivity index (χ1n) is 4.72. The van der Waals surface area contributed by atoms with Crippen LogP contribution >= 0.6 is 0 Å². The van der Waals surface area contributed by atoms with E-state index in [0.29, 0.717) is 6.42 Å². The molecule has 3 nitrogen and oxygen atoms in total. The normalized spacial score (nSPS) is 24.9. The number of nitrogens with two attached hydrogens (primary N) is 1. The van der Waals surface area contributed by atoms with Crippen molar-refractivity contribution < 1.29 is 4.79 Å². The zero-order chi connectivity index (χ0) is 9.68. The maximum absolute atomic E-state index is 11.2. The zero-order valence-corrected chi connectivity index (χ0v) is 7.75. The molecule has 0 saturated heterocycles. The minimum absolute atomic E-state index is 0.106. The molecule has 0 aromatic rings. The molecule has 0 aliphatic heterocycles. The molecule has 1 fully saturated rings. The molecule has 3 N–H and O–H groups in total. The molecule has 2 atom stereocenters. The Morgan fingerprint density at radius 1 is 1.62 bits per heavy atom. The van der Waals surface area contributed by atoms with E-state index in [1.807, 2.05) is 0 Å². The standard InChI is InChI=1S/C10H16N2O/c1-2-3-4-5-6-10(13)12-9-7-8(9)11/h1,8-9H,3-7,11H2,(H,12,13). The van der Waals surface area contributed by atoms with Gasteiger partial charge in [0.25, 0.3) is 0 Å². The first kappa shape index (κ1) is 10.1. The van der Waals surface area contributed by atoms with Crippen LogP contribution in [0.3, 0.4) is 0 Å². The van der Waals surface area contributed by atoms with Crippen molar-refractivity contribution in [2.75, 3.05) is 0 Å². The van der Waals surface area contributed by atoms with Crippen LogP contribution < -0.4 is 11.1 Å². The maximum atomic E-state index is 11.2. The van der Waals surface area contributed by atoms with E-state index < -0.39 is 0 Å². The van der Waals surface area contributed by atoms with Crippen molar-refractivity contribution in [2.24, 2.45) is 5.73 Å². The highest BCUT2D eigenvalue weighted by Gasteiger charge is 2.34. The van der Waals surface area contributed by atoms with Crippen LogP contribution in [0.5, 0.6) is 0 Å². The number of unbranched alkanes of at least 4 members (excludes halogenated alkanes) is 2. The summed E-state index contributed by atoms with van der Waals surface area (Å²) in [5.74, 6) is 2.66. The Hall–Kier alpha value is -1.01. The van der Waals surface area contributed by atoms with E-state index in [1.54, 1.807) is 0 Å². The number of carbonyl (C=O) groups is 1. The van der Waals surface area contributed by atoms with Gasteiger partial charge in [-0.3, -0.25) is 4.79 Å². The van der Waals surface area contributed by atoms with Gasteiger partial charge in [0, 0.05) is 24.9 Å². The Balaban J connectivity index is 1.96. The van der Waals surface area contributed by atoms with E-state index in [4.69, 9.17) is 12.2 Å². The van der Waals surface area contributed by atoms with E-state index >= 15 is 0 Å². The quantitative estimate of drug-likeness (QED) is 0.475. The molecule has 1 aliphatic carbocycles. The summed E-state index contributed by atoms with van der Waals surface area (Å²) in [5, 5.41) is 2.86. The average Bonchev–Trinajstić information content (AvgIpc) is 2.76. The largest absolute Gasteiger partial charge is 0.352 e. The van der Waals surface area contributed by atoms with Gasteiger partial charge in [0.05, 0.1) is 0 Å². The van der Waals surface area contributed by atoms with Gasteiger partial charge in [-0.2, -0.15) is 0 Å². The van der Waals surface area contributed by atoms with E-state index in [-0.39, 0.29) is 18.0 Å². The van der Waals surface area contributed by atoms with Crippen LogP contribution in [-0.4, -0.2) is 18.0 Å². The number of nitrogens with one attached hydrogen (secondary N) is 1. The van der Waals surface area contributed by atoms with E-state index in [0.717, 1.165) is 25.7 Å². The number of hydrogen-bond donors (Lipinski definition) is 2. The Kier molecular flexibility index (Phi) is 3.78. The summed E-state index contributed by atoms with van der Waals surface area (Å²) in [5.41, 5.74) is 5.55. The van der Waals surface area contributed by atoms with Gasteiger partial charge in [-0.05, 0) is 19.3 Å². The minimum atomic E-state index is 0.106. The summed E-state index contributed by atoms with van der Waals surface area (Å²) in [6.07, 6.45) is 9.15. The molecule has 0 heterocycles. The zero-order valence-electron chi connectivity index (χ0n) is 7.75. The molecule has 2 unspecified atom stereocenters. The van der Waals surface area contributed by atoms with Gasteiger partial charge in [0.15, 0.2) is 0 Å². The highest BCUT2D eigenvalue weighted by atomic mass is 16.1. The number of hydrogen-bond acceptors (Lipinski definition) is 2. The molecule has 1 saturated carbocycles. The van der Waals surface area contributed by atoms with Crippen molar-refractivity contribution in [3.05, 3.63) is 0 Å². The molecule has 1 aliphatic rings. The summed E-state index contributed by atoms with van der Waals surface area (Å²) < 4.78 is 0. The molecule has 72 valence electrons. The second kappa shape index (κ2) is 4.88. The molecular weight excluding hydrogens is 164 g/mol. The van der Waals surface area contributed by atoms with Gasteiger partial charge in [0.1, 0.15) is 0 Å². The van der Waals surface area contributed by atoms with Crippen LogP contribution in [0.4, 0.5) is 0 Å². The molecule has 0 aromatic carbocycles. The second-order valence-corrected chi connectivity index (χ2v) is 3.48. The van der Waals surface area contributed by atoms with Crippen molar-refractivity contribution in [3.63, 3.8) is 0 Å². The Morgan fingerprint density at radius 2 is 2.31 bits per heavy atom. The van der Waals surface area contributed by atoms with Gasteiger partial charge in [0.2, 0.25) is 5.91 Å². The fourth-order valence-corrected chi connectivity index (χ4v) is 1.17. The Morgan fingerprint density at radius 3 is 2.85 bits per heavy atom. The SMILES string of the molecule is C#CCCCCC(=O)NC1CC1N. The summed E-state index contributed by atoms with van der Waals surface area (Å²) in [6.45, 7) is 0. The van der Waals surface area contributed by atoms with Crippen molar-refractivity contribution >= 4 is 5.91 Å². The van der Waals surface area contributed by atoms with Crippen molar-refractivity contribution in [3.8, 4) is 12.3 Å². The van der Waals surface area contributed by atoms with Gasteiger partial charge in [-0.25, -0.2) is 0 Å². The lowest BCUT2D eigenvalue weighted by Gasteiger charge is -2.01. The topological polar surface area (TPSA) is 55.1 Å². The number of terminal acetylenes is 1. The maximum Gasteiger partial charge on any atom is 0.220 e. The van der Waals surface area contributed by atoms with Gasteiger partial charge < -0.3 is 11.1 Å². The lowest BCUT2D eigenvalue weighted by atomic mass is 10.2. The van der Waals surface area contributed by atoms with Crippen LogP contribution in [0, 0.1) is 12.3 Å². The fraction of sp³-hybridized carbons (Fsp3) is 0.700. The molecule has 0 aromatic heterocycles. The predicted molar refractivity (Wildman–Crippen MR) is 51.8 cm³/mol. The van der Waals surface area contributed by atoms with Crippen molar-refractivity contribution in [2.45, 2.75) is 44.2 Å². The molecule has 0 bridgehead atoms. The summed E-state index contributed by atoms with van der Waals surface area (Å²) in [7, 11) is 0. The second-order valence-electron chi connectivity index (χ2n) is 3.48. The minimum Gasteiger partial charge on any atom is -0.352 e. The molecule has 13 heavy (non-hydrogen) atoms. The smallest absolute Gasteiger partial charge is 0.220 e. The highest BCUT2D eigenvalue weighted by molar-refractivity contribution is 5.76. The van der Waals surface area contributed by atoms with Crippen LogP contribution in [0.2, 0.25) is 0 Å². The number of amides is 1. The number of rotatable bonds is 5. The molecule has 3 heteroatoms. The molecule has 1 amide bonds. The van der Waals surface area contributed by atoms with Gasteiger partial charge >= 0.3 is 0 Å². The Bertz CT molecular complexity index is 219.